The summed E-state index contributed by atoms with van der Waals surface area (Å²) in [7, 11) is 0. The predicted octanol–water partition coefficient (Wildman–Crippen LogP) is 9.61. The maximum absolute atomic E-state index is 11.7. The second kappa shape index (κ2) is 14.6. The van der Waals surface area contributed by atoms with Gasteiger partial charge in [-0.25, -0.2) is 0 Å². The molecule has 0 bridgehead atoms. The van der Waals surface area contributed by atoms with E-state index in [1.807, 2.05) is 45.9 Å². The number of hydrogen-bond acceptors (Lipinski definition) is 4. The van der Waals surface area contributed by atoms with Crippen molar-refractivity contribution in [2.24, 2.45) is 11.8 Å². The number of hydrogen-bond donors (Lipinski definition) is 1. The zero-order valence-corrected chi connectivity index (χ0v) is 26.7. The summed E-state index contributed by atoms with van der Waals surface area (Å²) < 4.78 is 5.38. The molecule has 0 saturated heterocycles. The molecular formula is C34H42IrNO3-. The number of rotatable bonds is 8. The van der Waals surface area contributed by atoms with Crippen molar-refractivity contribution >= 4 is 27.7 Å². The topological polar surface area (TPSA) is 63.3 Å². The molecule has 0 atom stereocenters. The van der Waals surface area contributed by atoms with Gasteiger partial charge >= 0.3 is 0 Å². The first-order chi connectivity index (χ1) is 18.1. The second-order valence-corrected chi connectivity index (χ2v) is 10.9. The van der Waals surface area contributed by atoms with Gasteiger partial charge in [-0.15, -0.1) is 29.1 Å². The van der Waals surface area contributed by atoms with Crippen LogP contribution in [0.3, 0.4) is 0 Å². The number of aromatic nitrogens is 1. The van der Waals surface area contributed by atoms with E-state index in [-0.39, 0.29) is 48.9 Å². The minimum Gasteiger partial charge on any atom is -0.512 e. The molecular weight excluding hydrogens is 663 g/mol. The molecule has 1 N–H and O–H groups in total. The van der Waals surface area contributed by atoms with Gasteiger partial charge in [0, 0.05) is 49.8 Å². The number of pyridine rings is 1. The van der Waals surface area contributed by atoms with Gasteiger partial charge in [0.2, 0.25) is 0 Å². The molecule has 0 aliphatic heterocycles. The summed E-state index contributed by atoms with van der Waals surface area (Å²) in [5.74, 6) is 0.547. The summed E-state index contributed by atoms with van der Waals surface area (Å²) in [4.78, 5) is 16.4. The molecule has 4 nitrogen and oxygen atoms in total. The summed E-state index contributed by atoms with van der Waals surface area (Å²) in [6, 6.07) is 20.0. The molecule has 0 aliphatic carbocycles. The molecule has 4 rings (SSSR count). The number of benzene rings is 2. The van der Waals surface area contributed by atoms with Crippen LogP contribution in [-0.4, -0.2) is 15.9 Å². The van der Waals surface area contributed by atoms with E-state index in [1.54, 1.807) is 6.26 Å². The Morgan fingerprint density at radius 2 is 1.62 bits per heavy atom. The van der Waals surface area contributed by atoms with Gasteiger partial charge in [-0.2, -0.15) is 0 Å². The number of allylic oxidation sites excluding steroid dienone is 2. The van der Waals surface area contributed by atoms with E-state index in [0.717, 1.165) is 53.4 Å². The minimum absolute atomic E-state index is 0. The molecule has 2 heterocycles. The molecule has 2 aromatic carbocycles. The first-order valence-corrected chi connectivity index (χ1v) is 13.9. The third-order valence-electron chi connectivity index (χ3n) is 7.25. The zero-order chi connectivity index (χ0) is 27.9. The predicted molar refractivity (Wildman–Crippen MR) is 158 cm³/mol. The van der Waals surface area contributed by atoms with Crippen LogP contribution in [0, 0.1) is 17.9 Å². The van der Waals surface area contributed by atoms with Crippen molar-refractivity contribution in [3.63, 3.8) is 0 Å². The Labute approximate surface area is 247 Å². The molecule has 0 unspecified atom stereocenters. The van der Waals surface area contributed by atoms with Gasteiger partial charge in [-0.3, -0.25) is 9.78 Å². The molecule has 1 radical (unpaired) electrons. The van der Waals surface area contributed by atoms with E-state index in [1.165, 1.54) is 17.0 Å². The molecule has 4 aromatic rings. The van der Waals surface area contributed by atoms with Crippen molar-refractivity contribution in [3.8, 4) is 11.3 Å². The SMILES string of the molecule is CC(C)(C)c1cc(-c2ccc3occc3n2)[c-]c2ccccc12.CCC(CC)C(=O)/C=C(\O)C(CC)CC.[Ir]. The van der Waals surface area contributed by atoms with Crippen LogP contribution >= 0.6 is 0 Å². The Morgan fingerprint density at radius 3 is 2.23 bits per heavy atom. The third kappa shape index (κ3) is 8.13. The number of nitrogens with zero attached hydrogens (tertiary/aromatic N) is 1. The number of aliphatic hydroxyl groups excluding tert-OH is 1. The largest absolute Gasteiger partial charge is 0.512 e. The first-order valence-electron chi connectivity index (χ1n) is 13.9. The van der Waals surface area contributed by atoms with Crippen LogP contribution in [0.15, 0.2) is 71.0 Å². The summed E-state index contributed by atoms with van der Waals surface area (Å²) in [6.07, 6.45) is 6.58. The van der Waals surface area contributed by atoms with Crippen molar-refractivity contribution in [1.82, 2.24) is 4.98 Å². The smallest absolute Gasteiger partial charge is 0.162 e. The van der Waals surface area contributed by atoms with Gasteiger partial charge in [0.1, 0.15) is 5.52 Å². The van der Waals surface area contributed by atoms with Crippen LogP contribution in [0.2, 0.25) is 0 Å². The Morgan fingerprint density at radius 1 is 0.974 bits per heavy atom. The van der Waals surface area contributed by atoms with Crippen molar-refractivity contribution < 1.29 is 34.4 Å². The normalized spacial score (nSPS) is 12.0. The van der Waals surface area contributed by atoms with Gasteiger partial charge in [0.25, 0.3) is 0 Å². The van der Waals surface area contributed by atoms with E-state index in [9.17, 15) is 9.90 Å². The number of carbonyl (C=O) groups is 1. The van der Waals surface area contributed by atoms with Crippen LogP contribution in [0.25, 0.3) is 33.1 Å². The van der Waals surface area contributed by atoms with Gasteiger partial charge in [0.05, 0.1) is 12.0 Å². The number of fused-ring (bicyclic) bond motifs is 2. The molecule has 0 aliphatic rings. The Hall–Kier alpha value is -2.75. The summed E-state index contributed by atoms with van der Waals surface area (Å²) in [5, 5.41) is 12.1. The Kier molecular flexibility index (Phi) is 12.1. The maximum atomic E-state index is 11.7. The van der Waals surface area contributed by atoms with E-state index in [4.69, 9.17) is 9.40 Å². The maximum Gasteiger partial charge on any atom is 0.162 e. The molecule has 211 valence electrons. The molecule has 0 saturated carbocycles. The van der Waals surface area contributed by atoms with Gasteiger partial charge < -0.3 is 9.52 Å². The fourth-order valence-corrected chi connectivity index (χ4v) is 4.77. The zero-order valence-electron chi connectivity index (χ0n) is 24.3. The molecule has 2 aromatic heterocycles. The first kappa shape index (κ1) is 32.5. The third-order valence-corrected chi connectivity index (χ3v) is 7.25. The average Bonchev–Trinajstić information content (AvgIpc) is 3.37. The van der Waals surface area contributed by atoms with E-state index in [2.05, 4.69) is 57.2 Å². The van der Waals surface area contributed by atoms with Crippen molar-refractivity contribution in [1.29, 1.82) is 0 Å². The Balaban J connectivity index is 0.000000294. The monoisotopic (exact) mass is 705 g/mol. The van der Waals surface area contributed by atoms with Crippen molar-refractivity contribution in [2.75, 3.05) is 0 Å². The summed E-state index contributed by atoms with van der Waals surface area (Å²) >= 11 is 0. The minimum atomic E-state index is 0. The van der Waals surface area contributed by atoms with Crippen LogP contribution in [0.1, 0.15) is 79.7 Å². The number of carbonyl (C=O) groups excluding carboxylic acids is 1. The molecule has 5 heteroatoms. The molecule has 39 heavy (non-hydrogen) atoms. The second-order valence-electron chi connectivity index (χ2n) is 10.9. The number of ketones is 1. The molecule has 0 spiro atoms. The quantitative estimate of drug-likeness (QED) is 0.113. The van der Waals surface area contributed by atoms with Crippen LogP contribution in [0.4, 0.5) is 0 Å². The number of aliphatic hydroxyl groups is 1. The fourth-order valence-electron chi connectivity index (χ4n) is 4.77. The van der Waals surface area contributed by atoms with E-state index >= 15 is 0 Å². The van der Waals surface area contributed by atoms with E-state index in [0.29, 0.717) is 0 Å². The fraction of sp³-hybridized carbons (Fsp3) is 0.412. The van der Waals surface area contributed by atoms with Crippen LogP contribution in [-0.2, 0) is 30.3 Å². The van der Waals surface area contributed by atoms with Gasteiger partial charge in [-0.1, -0.05) is 83.7 Å². The number of furan rings is 1. The Bertz CT molecular complexity index is 1390. The standard InChI is InChI=1S/C21H18NO.C13H24O2.Ir/c1-21(2,3)17-13-15(12-14-6-4-5-7-16(14)17)18-8-9-20-19(22-18)10-11-23-20;1-5-10(6-2)12(14)9-13(15)11(7-3)8-4;/h4-11,13H,1-3H3;9-11,14H,5-8H2,1-4H3;/q-1;;/b;12-9-;. The van der Waals surface area contributed by atoms with Crippen molar-refractivity contribution in [3.05, 3.63) is 78.3 Å². The van der Waals surface area contributed by atoms with E-state index < -0.39 is 0 Å². The molecule has 0 fully saturated rings. The van der Waals surface area contributed by atoms with Crippen LogP contribution < -0.4 is 0 Å². The van der Waals surface area contributed by atoms with Gasteiger partial charge in [-0.05, 0) is 37.2 Å². The van der Waals surface area contributed by atoms with Crippen LogP contribution in [0.5, 0.6) is 0 Å². The van der Waals surface area contributed by atoms with Gasteiger partial charge in [0.15, 0.2) is 11.4 Å². The summed E-state index contributed by atoms with van der Waals surface area (Å²) in [6.45, 7) is 14.8. The average molecular weight is 705 g/mol. The summed E-state index contributed by atoms with van der Waals surface area (Å²) in [5.41, 5.74) is 5.01. The van der Waals surface area contributed by atoms with Crippen molar-refractivity contribution in [2.45, 2.75) is 79.6 Å². The molecule has 0 amide bonds.